The van der Waals surface area contributed by atoms with Crippen LogP contribution in [0, 0.1) is 23.3 Å². The SMILES string of the molecule is CCCS(=O)(=O)Cc1c(F)cccc1Nc1ncc(F)c(-c2ccc(F)cc2F)n1. The molecule has 0 radical (unpaired) electrons. The van der Waals surface area contributed by atoms with E-state index in [4.69, 9.17) is 0 Å². The van der Waals surface area contributed by atoms with Crippen LogP contribution in [0.3, 0.4) is 0 Å². The fraction of sp³-hybridized carbons (Fsp3) is 0.200. The van der Waals surface area contributed by atoms with E-state index >= 15 is 0 Å². The average Bonchev–Trinajstić information content (AvgIpc) is 2.66. The summed E-state index contributed by atoms with van der Waals surface area (Å²) in [5, 5.41) is 2.66. The maximum absolute atomic E-state index is 14.3. The minimum Gasteiger partial charge on any atom is -0.324 e. The number of nitrogens with one attached hydrogen (secondary N) is 1. The highest BCUT2D eigenvalue weighted by atomic mass is 32.2. The van der Waals surface area contributed by atoms with Crippen LogP contribution in [0.2, 0.25) is 0 Å². The Kier molecular flexibility index (Phi) is 6.35. The van der Waals surface area contributed by atoms with Gasteiger partial charge in [0.2, 0.25) is 5.95 Å². The summed E-state index contributed by atoms with van der Waals surface area (Å²) in [4.78, 5) is 7.65. The molecule has 158 valence electrons. The Hall–Kier alpha value is -3.01. The van der Waals surface area contributed by atoms with Crippen LogP contribution in [-0.2, 0) is 15.6 Å². The minimum absolute atomic E-state index is 0.0758. The van der Waals surface area contributed by atoms with Gasteiger partial charge in [-0.15, -0.1) is 0 Å². The molecule has 0 amide bonds. The number of nitrogens with zero attached hydrogens (tertiary/aromatic N) is 2. The molecule has 0 unspecified atom stereocenters. The Bertz CT molecular complexity index is 1190. The van der Waals surface area contributed by atoms with Crippen LogP contribution in [0.5, 0.6) is 0 Å². The van der Waals surface area contributed by atoms with Crippen molar-refractivity contribution in [2.45, 2.75) is 19.1 Å². The molecule has 3 rings (SSSR count). The first-order chi connectivity index (χ1) is 14.2. The largest absolute Gasteiger partial charge is 0.324 e. The van der Waals surface area contributed by atoms with Crippen molar-refractivity contribution >= 4 is 21.5 Å². The van der Waals surface area contributed by atoms with Crippen LogP contribution in [0.1, 0.15) is 18.9 Å². The summed E-state index contributed by atoms with van der Waals surface area (Å²) >= 11 is 0. The van der Waals surface area contributed by atoms with E-state index in [-0.39, 0.29) is 28.5 Å². The number of aromatic nitrogens is 2. The van der Waals surface area contributed by atoms with E-state index in [2.05, 4.69) is 15.3 Å². The Morgan fingerprint density at radius 2 is 1.77 bits per heavy atom. The van der Waals surface area contributed by atoms with Gasteiger partial charge in [-0.05, 0) is 30.7 Å². The third kappa shape index (κ3) is 4.93. The van der Waals surface area contributed by atoms with Crippen LogP contribution < -0.4 is 5.32 Å². The third-order valence-electron chi connectivity index (χ3n) is 4.18. The lowest BCUT2D eigenvalue weighted by Gasteiger charge is -2.13. The first-order valence-corrected chi connectivity index (χ1v) is 10.7. The molecular weight excluding hydrogens is 422 g/mol. The van der Waals surface area contributed by atoms with E-state index in [0.29, 0.717) is 12.5 Å². The third-order valence-corrected chi connectivity index (χ3v) is 5.93. The van der Waals surface area contributed by atoms with Crippen LogP contribution in [-0.4, -0.2) is 24.1 Å². The molecule has 0 fully saturated rings. The Morgan fingerprint density at radius 3 is 2.47 bits per heavy atom. The highest BCUT2D eigenvalue weighted by Gasteiger charge is 2.19. The number of hydrogen-bond donors (Lipinski definition) is 1. The van der Waals surface area contributed by atoms with E-state index in [1.54, 1.807) is 6.92 Å². The van der Waals surface area contributed by atoms with Gasteiger partial charge in [0, 0.05) is 22.9 Å². The number of benzene rings is 2. The van der Waals surface area contributed by atoms with E-state index in [0.717, 1.165) is 24.4 Å². The van der Waals surface area contributed by atoms with E-state index in [1.165, 1.54) is 12.1 Å². The van der Waals surface area contributed by atoms with Gasteiger partial charge in [0.1, 0.15) is 23.1 Å². The van der Waals surface area contributed by atoms with Crippen LogP contribution in [0.15, 0.2) is 42.6 Å². The molecule has 5 nitrogen and oxygen atoms in total. The summed E-state index contributed by atoms with van der Waals surface area (Å²) < 4.78 is 80.0. The Morgan fingerprint density at radius 1 is 1.00 bits per heavy atom. The van der Waals surface area contributed by atoms with Crippen molar-refractivity contribution in [3.63, 3.8) is 0 Å². The number of hydrogen-bond acceptors (Lipinski definition) is 5. The van der Waals surface area contributed by atoms with Gasteiger partial charge < -0.3 is 5.32 Å². The Labute approximate surface area is 170 Å². The van der Waals surface area contributed by atoms with Crippen LogP contribution in [0.25, 0.3) is 11.3 Å². The number of rotatable bonds is 7. The number of anilines is 2. The lowest BCUT2D eigenvalue weighted by Crippen LogP contribution is -2.12. The van der Waals surface area contributed by atoms with Gasteiger partial charge in [-0.2, -0.15) is 0 Å². The molecule has 0 bridgehead atoms. The summed E-state index contributed by atoms with van der Waals surface area (Å²) in [5.74, 6) is -4.41. The van der Waals surface area contributed by atoms with Crippen molar-refractivity contribution in [1.82, 2.24) is 9.97 Å². The predicted octanol–water partition coefficient (Wildman–Crippen LogP) is 4.77. The van der Waals surface area contributed by atoms with E-state index in [1.807, 2.05) is 0 Å². The molecule has 1 N–H and O–H groups in total. The van der Waals surface area contributed by atoms with Crippen LogP contribution >= 0.6 is 0 Å². The zero-order chi connectivity index (χ0) is 21.9. The second kappa shape index (κ2) is 8.78. The standard InChI is InChI=1S/C20H17F4N3O2S/c1-2-8-30(28,29)11-14-15(22)4-3-5-18(14)26-20-25-10-17(24)19(27-20)13-7-6-12(21)9-16(13)23/h3-7,9-10H,2,8,11H2,1H3,(H,25,26,27). The molecule has 10 heteroatoms. The quantitative estimate of drug-likeness (QED) is 0.537. The Balaban J connectivity index is 1.99. The normalized spacial score (nSPS) is 11.5. The van der Waals surface area contributed by atoms with Gasteiger partial charge in [-0.3, -0.25) is 0 Å². The van der Waals surface area contributed by atoms with Crippen LogP contribution in [0.4, 0.5) is 29.2 Å². The molecule has 0 saturated heterocycles. The van der Waals surface area contributed by atoms with Gasteiger partial charge >= 0.3 is 0 Å². The molecule has 2 aromatic carbocycles. The van der Waals surface area contributed by atoms with E-state index in [9.17, 15) is 26.0 Å². The molecular formula is C20H17F4N3O2S. The highest BCUT2D eigenvalue weighted by Crippen LogP contribution is 2.28. The highest BCUT2D eigenvalue weighted by molar-refractivity contribution is 7.90. The number of sulfone groups is 1. The van der Waals surface area contributed by atoms with Gasteiger partial charge in [0.15, 0.2) is 15.7 Å². The lowest BCUT2D eigenvalue weighted by molar-refractivity contribution is 0.580. The molecule has 0 aliphatic carbocycles. The molecule has 30 heavy (non-hydrogen) atoms. The zero-order valence-corrected chi connectivity index (χ0v) is 16.6. The maximum Gasteiger partial charge on any atom is 0.227 e. The minimum atomic E-state index is -3.56. The fourth-order valence-electron chi connectivity index (χ4n) is 2.84. The molecule has 0 aliphatic heterocycles. The molecule has 1 heterocycles. The summed E-state index contributed by atoms with van der Waals surface area (Å²) in [7, 11) is -3.56. The average molecular weight is 439 g/mol. The van der Waals surface area contributed by atoms with Gasteiger partial charge in [0.05, 0.1) is 17.7 Å². The van der Waals surface area contributed by atoms with Crippen molar-refractivity contribution in [2.24, 2.45) is 0 Å². The summed E-state index contributed by atoms with van der Waals surface area (Å²) in [6, 6.07) is 6.48. The molecule has 0 atom stereocenters. The topological polar surface area (TPSA) is 72.0 Å². The first-order valence-electron chi connectivity index (χ1n) is 8.93. The molecule has 0 saturated carbocycles. The van der Waals surface area contributed by atoms with Crippen molar-refractivity contribution in [2.75, 3.05) is 11.1 Å². The van der Waals surface area contributed by atoms with Gasteiger partial charge in [0.25, 0.3) is 0 Å². The molecule has 0 spiro atoms. The molecule has 1 aromatic heterocycles. The number of halogens is 4. The first kappa shape index (κ1) is 21.7. The summed E-state index contributed by atoms with van der Waals surface area (Å²) in [6.45, 7) is 1.69. The second-order valence-corrected chi connectivity index (χ2v) is 8.68. The van der Waals surface area contributed by atoms with Crippen molar-refractivity contribution in [1.29, 1.82) is 0 Å². The summed E-state index contributed by atoms with van der Waals surface area (Å²) in [6.07, 6.45) is 1.16. The van der Waals surface area contributed by atoms with Gasteiger partial charge in [-0.25, -0.2) is 35.9 Å². The van der Waals surface area contributed by atoms with Crippen molar-refractivity contribution < 1.29 is 26.0 Å². The lowest BCUT2D eigenvalue weighted by atomic mass is 10.1. The predicted molar refractivity (Wildman–Crippen MR) is 105 cm³/mol. The smallest absolute Gasteiger partial charge is 0.227 e. The second-order valence-electron chi connectivity index (χ2n) is 6.50. The zero-order valence-electron chi connectivity index (χ0n) is 15.8. The fourth-order valence-corrected chi connectivity index (χ4v) is 4.34. The monoisotopic (exact) mass is 439 g/mol. The van der Waals surface area contributed by atoms with Gasteiger partial charge in [-0.1, -0.05) is 13.0 Å². The molecule has 3 aromatic rings. The molecule has 0 aliphatic rings. The van der Waals surface area contributed by atoms with Crippen molar-refractivity contribution in [3.05, 3.63) is 71.4 Å². The summed E-state index contributed by atoms with van der Waals surface area (Å²) in [5.41, 5.74) is -0.758. The maximum atomic E-state index is 14.3. The van der Waals surface area contributed by atoms with E-state index < -0.39 is 44.6 Å². The van der Waals surface area contributed by atoms with Crippen molar-refractivity contribution in [3.8, 4) is 11.3 Å².